The summed E-state index contributed by atoms with van der Waals surface area (Å²) in [6.07, 6.45) is 1.35. The molecule has 2 aromatic rings. The lowest BCUT2D eigenvalue weighted by Crippen LogP contribution is -2.24. The molecule has 0 saturated carbocycles. The van der Waals surface area contributed by atoms with Crippen molar-refractivity contribution in [2.24, 2.45) is 5.10 Å². The molecule has 0 spiro atoms. The van der Waals surface area contributed by atoms with E-state index in [1.807, 2.05) is 6.07 Å². The standard InChI is InChI=1S/C16H13N3O3/c20-13-9-5-4-8-12(13)10-17-19-14(15(21)18-16(19)22)11-6-2-1-3-7-11/h1-10,14,20H,(H,18,21,22). The van der Waals surface area contributed by atoms with E-state index in [0.717, 1.165) is 5.01 Å². The van der Waals surface area contributed by atoms with Gasteiger partial charge in [0, 0.05) is 5.56 Å². The second-order valence-electron chi connectivity index (χ2n) is 4.76. The molecule has 0 aromatic heterocycles. The molecule has 0 bridgehead atoms. The normalized spacial score (nSPS) is 18.0. The Bertz CT molecular complexity index is 743. The van der Waals surface area contributed by atoms with Crippen LogP contribution in [0, 0.1) is 0 Å². The monoisotopic (exact) mass is 295 g/mol. The molecule has 22 heavy (non-hydrogen) atoms. The van der Waals surface area contributed by atoms with Gasteiger partial charge in [-0.2, -0.15) is 10.1 Å². The Hall–Kier alpha value is -3.15. The minimum Gasteiger partial charge on any atom is -0.507 e. The molecule has 1 fully saturated rings. The van der Waals surface area contributed by atoms with Gasteiger partial charge in [-0.3, -0.25) is 10.1 Å². The molecule has 0 aliphatic carbocycles. The first-order valence-electron chi connectivity index (χ1n) is 6.68. The van der Waals surface area contributed by atoms with Crippen molar-refractivity contribution < 1.29 is 14.7 Å². The Kier molecular flexibility index (Phi) is 3.57. The third-order valence-electron chi connectivity index (χ3n) is 3.30. The number of carbonyl (C=O) groups is 2. The molecule has 1 aliphatic heterocycles. The van der Waals surface area contributed by atoms with Gasteiger partial charge in [0.05, 0.1) is 6.21 Å². The highest BCUT2D eigenvalue weighted by atomic mass is 16.3. The highest BCUT2D eigenvalue weighted by Gasteiger charge is 2.39. The zero-order chi connectivity index (χ0) is 15.5. The molecule has 3 amide bonds. The molecule has 1 saturated heterocycles. The van der Waals surface area contributed by atoms with E-state index in [-0.39, 0.29) is 5.75 Å². The predicted molar refractivity (Wildman–Crippen MR) is 80.3 cm³/mol. The fraction of sp³-hybridized carbons (Fsp3) is 0.0625. The van der Waals surface area contributed by atoms with Gasteiger partial charge in [0.1, 0.15) is 5.75 Å². The first-order chi connectivity index (χ1) is 10.7. The summed E-state index contributed by atoms with van der Waals surface area (Å²) in [5, 5.41) is 17.1. The lowest BCUT2D eigenvalue weighted by atomic mass is 10.1. The van der Waals surface area contributed by atoms with E-state index in [1.165, 1.54) is 12.3 Å². The molecule has 110 valence electrons. The van der Waals surface area contributed by atoms with E-state index in [9.17, 15) is 14.7 Å². The minimum atomic E-state index is -0.809. The van der Waals surface area contributed by atoms with Gasteiger partial charge < -0.3 is 5.11 Å². The van der Waals surface area contributed by atoms with E-state index in [0.29, 0.717) is 11.1 Å². The van der Waals surface area contributed by atoms with Crippen LogP contribution in [0.2, 0.25) is 0 Å². The van der Waals surface area contributed by atoms with Crippen LogP contribution in [0.5, 0.6) is 5.75 Å². The van der Waals surface area contributed by atoms with Crippen LogP contribution in [0.4, 0.5) is 4.79 Å². The van der Waals surface area contributed by atoms with E-state index in [1.54, 1.807) is 42.5 Å². The summed E-state index contributed by atoms with van der Waals surface area (Å²) in [5.41, 5.74) is 1.13. The Morgan fingerprint density at radius 1 is 1.05 bits per heavy atom. The second-order valence-corrected chi connectivity index (χ2v) is 4.76. The zero-order valence-electron chi connectivity index (χ0n) is 11.5. The maximum Gasteiger partial charge on any atom is 0.345 e. The fourth-order valence-corrected chi connectivity index (χ4v) is 2.23. The summed E-state index contributed by atoms with van der Waals surface area (Å²) in [7, 11) is 0. The highest BCUT2D eigenvalue weighted by molar-refractivity contribution is 6.04. The van der Waals surface area contributed by atoms with Crippen LogP contribution in [-0.2, 0) is 4.79 Å². The summed E-state index contributed by atoms with van der Waals surface area (Å²) in [4.78, 5) is 23.9. The Balaban J connectivity index is 1.92. The number of benzene rings is 2. The largest absolute Gasteiger partial charge is 0.507 e. The van der Waals surface area contributed by atoms with Crippen LogP contribution < -0.4 is 5.32 Å². The number of carbonyl (C=O) groups excluding carboxylic acids is 2. The number of hydrogen-bond acceptors (Lipinski definition) is 4. The number of amides is 3. The maximum atomic E-state index is 12.0. The second kappa shape index (κ2) is 5.69. The molecule has 2 N–H and O–H groups in total. The third kappa shape index (κ3) is 2.54. The molecule has 1 unspecified atom stereocenters. The van der Waals surface area contributed by atoms with Crippen molar-refractivity contribution in [2.45, 2.75) is 6.04 Å². The quantitative estimate of drug-likeness (QED) is 0.671. The molecule has 1 heterocycles. The molecular weight excluding hydrogens is 282 g/mol. The minimum absolute atomic E-state index is 0.0495. The molecule has 6 nitrogen and oxygen atoms in total. The molecule has 1 aliphatic rings. The summed E-state index contributed by atoms with van der Waals surface area (Å²) in [6.45, 7) is 0. The number of hydrazone groups is 1. The molecule has 0 radical (unpaired) electrons. The molecular formula is C16H13N3O3. The zero-order valence-corrected chi connectivity index (χ0v) is 11.5. The van der Waals surface area contributed by atoms with Gasteiger partial charge in [-0.25, -0.2) is 4.79 Å². The third-order valence-corrected chi connectivity index (χ3v) is 3.30. The number of hydrogen-bond donors (Lipinski definition) is 2. The van der Waals surface area contributed by atoms with Gasteiger partial charge in [-0.15, -0.1) is 0 Å². The van der Waals surface area contributed by atoms with Crippen LogP contribution in [0.25, 0.3) is 0 Å². The smallest absolute Gasteiger partial charge is 0.345 e. The van der Waals surface area contributed by atoms with Gasteiger partial charge in [0.2, 0.25) is 0 Å². The van der Waals surface area contributed by atoms with Gasteiger partial charge in [-0.05, 0) is 17.7 Å². The first kappa shape index (κ1) is 13.8. The van der Waals surface area contributed by atoms with E-state index in [4.69, 9.17) is 0 Å². The Morgan fingerprint density at radius 2 is 1.73 bits per heavy atom. The first-order valence-corrected chi connectivity index (χ1v) is 6.68. The maximum absolute atomic E-state index is 12.0. The van der Waals surface area contributed by atoms with Crippen LogP contribution >= 0.6 is 0 Å². The van der Waals surface area contributed by atoms with Crippen molar-refractivity contribution in [1.29, 1.82) is 0 Å². The number of aromatic hydroxyl groups is 1. The fourth-order valence-electron chi connectivity index (χ4n) is 2.23. The number of phenolic OH excluding ortho intramolecular Hbond substituents is 1. The number of urea groups is 1. The molecule has 1 atom stereocenters. The van der Waals surface area contributed by atoms with Crippen LogP contribution in [0.1, 0.15) is 17.2 Å². The van der Waals surface area contributed by atoms with Crippen molar-refractivity contribution in [2.75, 3.05) is 0 Å². The topological polar surface area (TPSA) is 82.0 Å². The van der Waals surface area contributed by atoms with Gasteiger partial charge in [0.25, 0.3) is 5.91 Å². The molecule has 2 aromatic carbocycles. The van der Waals surface area contributed by atoms with Crippen LogP contribution in [0.15, 0.2) is 59.7 Å². The van der Waals surface area contributed by atoms with Crippen LogP contribution in [0.3, 0.4) is 0 Å². The Morgan fingerprint density at radius 3 is 2.45 bits per heavy atom. The van der Waals surface area contributed by atoms with Crippen molar-refractivity contribution in [3.63, 3.8) is 0 Å². The lowest BCUT2D eigenvalue weighted by Gasteiger charge is -2.16. The lowest BCUT2D eigenvalue weighted by molar-refractivity contribution is -0.121. The van der Waals surface area contributed by atoms with Gasteiger partial charge >= 0.3 is 6.03 Å². The number of para-hydroxylation sites is 1. The van der Waals surface area contributed by atoms with Crippen molar-refractivity contribution in [1.82, 2.24) is 10.3 Å². The molecule has 6 heteroatoms. The number of nitrogens with zero attached hydrogens (tertiary/aromatic N) is 2. The Labute approximate surface area is 126 Å². The van der Waals surface area contributed by atoms with Gasteiger partial charge in [-0.1, -0.05) is 42.5 Å². The summed E-state index contributed by atoms with van der Waals surface area (Å²) in [5.74, 6) is -0.376. The molecule has 3 rings (SSSR count). The highest BCUT2D eigenvalue weighted by Crippen LogP contribution is 2.26. The average Bonchev–Trinajstić information content (AvgIpc) is 2.81. The van der Waals surface area contributed by atoms with Crippen molar-refractivity contribution in [3.8, 4) is 5.75 Å². The number of nitrogens with one attached hydrogen (secondary N) is 1. The summed E-state index contributed by atoms with van der Waals surface area (Å²) < 4.78 is 0. The SMILES string of the molecule is O=C1NC(=O)N(N=Cc2ccccc2O)C1c1ccccc1. The van der Waals surface area contributed by atoms with E-state index >= 15 is 0 Å². The van der Waals surface area contributed by atoms with Crippen molar-refractivity contribution in [3.05, 3.63) is 65.7 Å². The number of imide groups is 1. The van der Waals surface area contributed by atoms with Crippen molar-refractivity contribution >= 4 is 18.2 Å². The summed E-state index contributed by atoms with van der Waals surface area (Å²) in [6, 6.07) is 14.1. The average molecular weight is 295 g/mol. The van der Waals surface area contributed by atoms with Gasteiger partial charge in [0.15, 0.2) is 6.04 Å². The predicted octanol–water partition coefficient (Wildman–Crippen LogP) is 2.02. The van der Waals surface area contributed by atoms with E-state index in [2.05, 4.69) is 10.4 Å². The van der Waals surface area contributed by atoms with Crippen LogP contribution in [-0.4, -0.2) is 28.3 Å². The number of phenols is 1. The summed E-state index contributed by atoms with van der Waals surface area (Å²) >= 11 is 0. The number of rotatable bonds is 3. The van der Waals surface area contributed by atoms with E-state index < -0.39 is 18.0 Å².